The van der Waals surface area contributed by atoms with Gasteiger partial charge in [0.1, 0.15) is 0 Å². The topological polar surface area (TPSA) is 83.9 Å². The fourth-order valence-corrected chi connectivity index (χ4v) is 6.11. The monoisotopic (exact) mass is 591 g/mol. The molecule has 0 fully saturated rings. The number of rotatable bonds is 12. The van der Waals surface area contributed by atoms with Crippen LogP contribution >= 0.6 is 11.6 Å². The van der Waals surface area contributed by atoms with E-state index in [0.717, 1.165) is 16.7 Å². The Hall–Kier alpha value is -3.49. The van der Waals surface area contributed by atoms with Gasteiger partial charge in [0.2, 0.25) is 9.84 Å². The number of carbonyl (C=O) groups excluding carboxylic acids is 1. The van der Waals surface area contributed by atoms with E-state index in [4.69, 9.17) is 16.3 Å². The van der Waals surface area contributed by atoms with Crippen LogP contribution in [0.5, 0.6) is 0 Å². The minimum Gasteiger partial charge on any atom is -0.462 e. The summed E-state index contributed by atoms with van der Waals surface area (Å²) in [5.74, 6) is -0.490. The normalized spacial score (nSPS) is 13.1. The van der Waals surface area contributed by atoms with Gasteiger partial charge in [0, 0.05) is 24.2 Å². The highest BCUT2D eigenvalue weighted by atomic mass is 35.5. The molecule has 2 unspecified atom stereocenters. The van der Waals surface area contributed by atoms with Crippen LogP contribution in [-0.2, 0) is 27.5 Å². The summed E-state index contributed by atoms with van der Waals surface area (Å²) in [6.07, 6.45) is -0.0634. The number of aliphatic hydroxyl groups excluding tert-OH is 1. The van der Waals surface area contributed by atoms with Crippen LogP contribution in [0.15, 0.2) is 113 Å². The van der Waals surface area contributed by atoms with Crippen molar-refractivity contribution < 1.29 is 23.1 Å². The first-order valence-electron chi connectivity index (χ1n) is 13.5. The molecule has 214 valence electrons. The lowest BCUT2D eigenvalue weighted by molar-refractivity contribution is 0.0526. The molecule has 0 saturated heterocycles. The van der Waals surface area contributed by atoms with Crippen LogP contribution in [0.3, 0.4) is 0 Å². The maximum absolute atomic E-state index is 13.2. The smallest absolute Gasteiger partial charge is 0.338 e. The second-order valence-corrected chi connectivity index (χ2v) is 12.3. The van der Waals surface area contributed by atoms with Gasteiger partial charge in [-0.05, 0) is 85.5 Å². The van der Waals surface area contributed by atoms with Gasteiger partial charge in [-0.3, -0.25) is 4.90 Å². The largest absolute Gasteiger partial charge is 0.462 e. The highest BCUT2D eigenvalue weighted by Gasteiger charge is 2.22. The number of benzene rings is 4. The summed E-state index contributed by atoms with van der Waals surface area (Å²) in [4.78, 5) is 14.4. The molecule has 0 heterocycles. The number of aliphatic hydroxyl groups is 1. The van der Waals surface area contributed by atoms with Gasteiger partial charge < -0.3 is 9.84 Å². The Kier molecular flexibility index (Phi) is 10.3. The molecule has 6 nitrogen and oxygen atoms in total. The molecule has 0 aromatic heterocycles. The summed E-state index contributed by atoms with van der Waals surface area (Å²) < 4.78 is 31.4. The number of halogens is 1. The average Bonchev–Trinajstić information content (AvgIpc) is 2.98. The molecular formula is C33H34ClNO5S. The number of carbonyl (C=O) groups is 1. The van der Waals surface area contributed by atoms with E-state index in [1.165, 1.54) is 24.3 Å². The third-order valence-corrected chi connectivity index (χ3v) is 8.95. The van der Waals surface area contributed by atoms with E-state index < -0.39 is 21.9 Å². The van der Waals surface area contributed by atoms with Crippen molar-refractivity contribution in [3.8, 4) is 0 Å². The Morgan fingerprint density at radius 3 is 2.12 bits per heavy atom. The molecule has 0 amide bonds. The zero-order valence-electron chi connectivity index (χ0n) is 23.1. The Morgan fingerprint density at radius 1 is 0.878 bits per heavy atom. The third kappa shape index (κ3) is 8.05. The molecular weight excluding hydrogens is 558 g/mol. The molecule has 2 atom stereocenters. The molecule has 8 heteroatoms. The van der Waals surface area contributed by atoms with E-state index in [9.17, 15) is 18.3 Å². The fraction of sp³-hybridized carbons (Fsp3) is 0.242. The van der Waals surface area contributed by atoms with Gasteiger partial charge in [-0.1, -0.05) is 66.2 Å². The van der Waals surface area contributed by atoms with Crippen LogP contribution in [0.4, 0.5) is 0 Å². The van der Waals surface area contributed by atoms with Crippen LogP contribution in [0.25, 0.3) is 0 Å². The predicted molar refractivity (Wildman–Crippen MR) is 161 cm³/mol. The van der Waals surface area contributed by atoms with Crippen molar-refractivity contribution in [1.82, 2.24) is 4.90 Å². The molecule has 1 N–H and O–H groups in total. The maximum Gasteiger partial charge on any atom is 0.338 e. The van der Waals surface area contributed by atoms with Gasteiger partial charge in [-0.15, -0.1) is 0 Å². The summed E-state index contributed by atoms with van der Waals surface area (Å²) in [5.41, 5.74) is 3.17. The summed E-state index contributed by atoms with van der Waals surface area (Å²) in [6.45, 7) is 5.12. The molecule has 0 spiro atoms. The summed E-state index contributed by atoms with van der Waals surface area (Å²) in [5, 5.41) is 11.6. The Labute approximate surface area is 247 Å². The van der Waals surface area contributed by atoms with E-state index in [1.54, 1.807) is 31.2 Å². The van der Waals surface area contributed by atoms with Gasteiger partial charge in [0.05, 0.1) is 28.1 Å². The minimum atomic E-state index is -3.75. The Morgan fingerprint density at radius 2 is 1.51 bits per heavy atom. The first-order chi connectivity index (χ1) is 19.7. The quantitative estimate of drug-likeness (QED) is 0.189. The van der Waals surface area contributed by atoms with Crippen molar-refractivity contribution in [3.05, 3.63) is 130 Å². The molecule has 0 aliphatic carbocycles. The molecule has 0 saturated carbocycles. The van der Waals surface area contributed by atoms with Crippen molar-refractivity contribution in [1.29, 1.82) is 0 Å². The SMILES string of the molecule is CCOC(=O)c1ccc(S(=O)(=O)c2ccc(CC(C)N(Cc3ccccc3)CC(O)c3cccc(Cl)c3)cc2)cc1. The average molecular weight is 592 g/mol. The number of ether oxygens (including phenoxy) is 1. The lowest BCUT2D eigenvalue weighted by Crippen LogP contribution is -2.37. The molecule has 0 radical (unpaired) electrons. The lowest BCUT2D eigenvalue weighted by atomic mass is 10.0. The van der Waals surface area contributed by atoms with Crippen molar-refractivity contribution in [2.24, 2.45) is 0 Å². The lowest BCUT2D eigenvalue weighted by Gasteiger charge is -2.31. The first kappa shape index (κ1) is 30.5. The van der Waals surface area contributed by atoms with E-state index in [-0.39, 0.29) is 22.4 Å². The molecule has 4 aromatic rings. The van der Waals surface area contributed by atoms with Gasteiger partial charge in [-0.25, -0.2) is 13.2 Å². The van der Waals surface area contributed by atoms with Gasteiger partial charge in [0.15, 0.2) is 0 Å². The number of hydrogen-bond acceptors (Lipinski definition) is 6. The Balaban J connectivity index is 1.48. The zero-order valence-corrected chi connectivity index (χ0v) is 24.7. The summed E-state index contributed by atoms with van der Waals surface area (Å²) in [7, 11) is -3.75. The first-order valence-corrected chi connectivity index (χ1v) is 15.4. The highest BCUT2D eigenvalue weighted by Crippen LogP contribution is 2.24. The fourth-order valence-electron chi connectivity index (χ4n) is 4.66. The van der Waals surface area contributed by atoms with E-state index >= 15 is 0 Å². The summed E-state index contributed by atoms with van der Waals surface area (Å²) in [6, 6.07) is 30.0. The van der Waals surface area contributed by atoms with E-state index in [0.29, 0.717) is 30.1 Å². The van der Waals surface area contributed by atoms with Crippen molar-refractivity contribution in [2.75, 3.05) is 13.2 Å². The molecule has 4 rings (SSSR count). The van der Waals surface area contributed by atoms with E-state index in [2.05, 4.69) is 24.0 Å². The van der Waals surface area contributed by atoms with E-state index in [1.807, 2.05) is 42.5 Å². The number of esters is 1. The summed E-state index contributed by atoms with van der Waals surface area (Å²) >= 11 is 6.15. The third-order valence-electron chi connectivity index (χ3n) is 6.93. The number of nitrogens with zero attached hydrogens (tertiary/aromatic N) is 1. The van der Waals surface area contributed by atoms with Crippen LogP contribution < -0.4 is 0 Å². The highest BCUT2D eigenvalue weighted by molar-refractivity contribution is 7.91. The number of hydrogen-bond donors (Lipinski definition) is 1. The Bertz CT molecular complexity index is 1540. The van der Waals surface area contributed by atoms with Gasteiger partial charge >= 0.3 is 5.97 Å². The number of sulfone groups is 1. The predicted octanol–water partition coefficient (Wildman–Crippen LogP) is 6.52. The van der Waals surface area contributed by atoms with Crippen LogP contribution in [-0.4, -0.2) is 43.6 Å². The molecule has 0 aliphatic heterocycles. The molecule has 0 aliphatic rings. The van der Waals surface area contributed by atoms with Crippen molar-refractivity contribution >= 4 is 27.4 Å². The molecule has 4 aromatic carbocycles. The van der Waals surface area contributed by atoms with Gasteiger partial charge in [-0.2, -0.15) is 0 Å². The van der Waals surface area contributed by atoms with Crippen molar-refractivity contribution in [3.63, 3.8) is 0 Å². The van der Waals surface area contributed by atoms with Crippen LogP contribution in [0.1, 0.15) is 47.0 Å². The van der Waals surface area contributed by atoms with Gasteiger partial charge in [0.25, 0.3) is 0 Å². The maximum atomic E-state index is 13.2. The molecule has 0 bridgehead atoms. The minimum absolute atomic E-state index is 0.0434. The van der Waals surface area contributed by atoms with Crippen LogP contribution in [0, 0.1) is 0 Å². The standard InChI is InChI=1S/C33H34ClNO5S/c1-3-40-33(37)27-14-18-31(19-15-27)41(38,39)30-16-12-25(13-17-30)20-24(2)35(22-26-8-5-4-6-9-26)23-32(36)28-10-7-11-29(34)21-28/h4-19,21,24,32,36H,3,20,22-23H2,1-2H3. The molecule has 41 heavy (non-hydrogen) atoms. The second kappa shape index (κ2) is 13.9. The van der Waals surface area contributed by atoms with Crippen LogP contribution in [0.2, 0.25) is 5.02 Å². The zero-order chi connectivity index (χ0) is 29.4. The van der Waals surface area contributed by atoms with Crippen molar-refractivity contribution in [2.45, 2.75) is 48.7 Å². The second-order valence-electron chi connectivity index (χ2n) is 9.93.